The molecule has 0 aliphatic carbocycles. The van der Waals surface area contributed by atoms with Crippen LogP contribution in [-0.4, -0.2) is 28.8 Å². The number of hydrogen-bond acceptors (Lipinski definition) is 4. The monoisotopic (exact) mass is 263 g/mol. The van der Waals surface area contributed by atoms with E-state index in [1.54, 1.807) is 11.3 Å². The Balaban J connectivity index is 1.97. The molecular weight excluding hydrogens is 246 g/mol. The van der Waals surface area contributed by atoms with Gasteiger partial charge < -0.3 is 4.90 Å². The molecule has 1 aliphatic rings. The first-order valence-electron chi connectivity index (χ1n) is 6.45. The Morgan fingerprint density at radius 2 is 2.33 bits per heavy atom. The van der Waals surface area contributed by atoms with Gasteiger partial charge in [0.1, 0.15) is 5.69 Å². The number of rotatable bonds is 2. The molecule has 0 radical (unpaired) electrons. The van der Waals surface area contributed by atoms with Crippen molar-refractivity contribution in [2.24, 2.45) is 5.92 Å². The molecule has 0 bridgehead atoms. The van der Waals surface area contributed by atoms with Crippen LogP contribution in [0.5, 0.6) is 0 Å². The van der Waals surface area contributed by atoms with Crippen molar-refractivity contribution in [3.05, 3.63) is 17.3 Å². The first-order chi connectivity index (χ1) is 8.79. The van der Waals surface area contributed by atoms with E-state index in [9.17, 15) is 4.79 Å². The van der Waals surface area contributed by atoms with E-state index in [0.717, 1.165) is 36.1 Å². The van der Waals surface area contributed by atoms with E-state index in [4.69, 9.17) is 0 Å². The fraction of sp³-hybridized carbons (Fsp3) is 0.538. The van der Waals surface area contributed by atoms with Gasteiger partial charge in [0.15, 0.2) is 17.1 Å². The zero-order chi connectivity index (χ0) is 12.5. The third kappa shape index (κ3) is 1.92. The summed E-state index contributed by atoms with van der Waals surface area (Å²) in [4.78, 5) is 19.1. The molecule has 96 valence electrons. The number of hydrogen-bond donors (Lipinski definition) is 0. The molecular formula is C13H17N3OS. The number of imidazole rings is 1. The van der Waals surface area contributed by atoms with Crippen LogP contribution in [0.25, 0.3) is 4.96 Å². The lowest BCUT2D eigenvalue weighted by Gasteiger charge is -2.20. The van der Waals surface area contributed by atoms with Crippen molar-refractivity contribution < 1.29 is 4.79 Å². The number of carbonyl (C=O) groups is 1. The number of fused-ring (bicyclic) bond motifs is 1. The zero-order valence-electron chi connectivity index (χ0n) is 10.5. The van der Waals surface area contributed by atoms with E-state index >= 15 is 0 Å². The van der Waals surface area contributed by atoms with Gasteiger partial charge in [-0.1, -0.05) is 6.92 Å². The summed E-state index contributed by atoms with van der Waals surface area (Å²) in [6.07, 6.45) is 6.49. The summed E-state index contributed by atoms with van der Waals surface area (Å²) in [6.45, 7) is 4.32. The Hall–Kier alpha value is -1.36. The second kappa shape index (κ2) is 4.72. The van der Waals surface area contributed by atoms with Crippen molar-refractivity contribution in [1.82, 2.24) is 9.38 Å². The molecule has 0 N–H and O–H groups in total. The topological polar surface area (TPSA) is 37.6 Å². The number of aldehydes is 1. The second-order valence-electron chi connectivity index (χ2n) is 5.02. The average Bonchev–Trinajstić information content (AvgIpc) is 2.86. The van der Waals surface area contributed by atoms with Gasteiger partial charge in [-0.25, -0.2) is 4.98 Å². The molecule has 1 saturated heterocycles. The Labute approximate surface area is 110 Å². The van der Waals surface area contributed by atoms with E-state index in [1.165, 1.54) is 19.3 Å². The van der Waals surface area contributed by atoms with E-state index in [0.29, 0.717) is 5.69 Å². The highest BCUT2D eigenvalue weighted by atomic mass is 32.1. The molecule has 1 fully saturated rings. The molecule has 1 aliphatic heterocycles. The number of nitrogens with zero attached hydrogens (tertiary/aromatic N) is 3. The first kappa shape index (κ1) is 11.7. The van der Waals surface area contributed by atoms with Gasteiger partial charge in [-0.05, 0) is 25.2 Å². The highest BCUT2D eigenvalue weighted by Gasteiger charge is 2.21. The van der Waals surface area contributed by atoms with Crippen LogP contribution in [-0.2, 0) is 0 Å². The number of thiazole rings is 1. The molecule has 0 spiro atoms. The van der Waals surface area contributed by atoms with Gasteiger partial charge >= 0.3 is 0 Å². The van der Waals surface area contributed by atoms with Crippen LogP contribution in [0.1, 0.15) is 36.7 Å². The minimum atomic E-state index is 0.695. The lowest BCUT2D eigenvalue weighted by Crippen LogP contribution is -2.25. The van der Waals surface area contributed by atoms with Crippen LogP contribution < -0.4 is 4.90 Å². The molecule has 1 atom stereocenters. The Morgan fingerprint density at radius 1 is 1.44 bits per heavy atom. The molecule has 5 heteroatoms. The van der Waals surface area contributed by atoms with Crippen LogP contribution in [0, 0.1) is 5.92 Å². The normalized spacial score (nSPS) is 21.2. The molecule has 18 heavy (non-hydrogen) atoms. The molecule has 3 heterocycles. The Kier molecular flexibility index (Phi) is 3.07. The van der Waals surface area contributed by atoms with Crippen LogP contribution in [0.2, 0.25) is 0 Å². The summed E-state index contributed by atoms with van der Waals surface area (Å²) in [7, 11) is 0. The standard InChI is InChI=1S/C13H17N3OS/c1-10-3-2-5-15(6-4-10)12-11(9-17)16-7-8-18-13(16)14-12/h7-10H,2-6H2,1H3. The van der Waals surface area contributed by atoms with Crippen LogP contribution in [0.3, 0.4) is 0 Å². The zero-order valence-corrected chi connectivity index (χ0v) is 11.3. The predicted octanol–water partition coefficient (Wildman–Crippen LogP) is 2.83. The molecule has 0 aromatic carbocycles. The average molecular weight is 263 g/mol. The number of carbonyl (C=O) groups excluding carboxylic acids is 1. The van der Waals surface area contributed by atoms with Gasteiger partial charge in [0.25, 0.3) is 0 Å². The lowest BCUT2D eigenvalue weighted by molar-refractivity contribution is 0.111. The van der Waals surface area contributed by atoms with Gasteiger partial charge in [-0.3, -0.25) is 9.20 Å². The van der Waals surface area contributed by atoms with Gasteiger partial charge in [0.05, 0.1) is 0 Å². The van der Waals surface area contributed by atoms with Gasteiger partial charge in [0.2, 0.25) is 0 Å². The Morgan fingerprint density at radius 3 is 3.17 bits per heavy atom. The van der Waals surface area contributed by atoms with Crippen molar-refractivity contribution >= 4 is 28.4 Å². The number of aromatic nitrogens is 2. The van der Waals surface area contributed by atoms with Crippen LogP contribution in [0.4, 0.5) is 5.82 Å². The van der Waals surface area contributed by atoms with Crippen molar-refractivity contribution in [2.45, 2.75) is 26.2 Å². The van der Waals surface area contributed by atoms with Gasteiger partial charge in [-0.2, -0.15) is 0 Å². The van der Waals surface area contributed by atoms with Crippen LogP contribution >= 0.6 is 11.3 Å². The fourth-order valence-electron chi connectivity index (χ4n) is 2.61. The van der Waals surface area contributed by atoms with Gasteiger partial charge in [0, 0.05) is 24.7 Å². The van der Waals surface area contributed by atoms with Crippen molar-refractivity contribution in [3.63, 3.8) is 0 Å². The highest BCUT2D eigenvalue weighted by Crippen LogP contribution is 2.26. The maximum absolute atomic E-state index is 11.3. The molecule has 2 aromatic heterocycles. The summed E-state index contributed by atoms with van der Waals surface area (Å²) in [6, 6.07) is 0. The summed E-state index contributed by atoms with van der Waals surface area (Å²) in [5, 5.41) is 1.96. The number of anilines is 1. The predicted molar refractivity (Wildman–Crippen MR) is 73.7 cm³/mol. The van der Waals surface area contributed by atoms with E-state index < -0.39 is 0 Å². The maximum Gasteiger partial charge on any atom is 0.196 e. The largest absolute Gasteiger partial charge is 0.355 e. The summed E-state index contributed by atoms with van der Waals surface area (Å²) < 4.78 is 1.89. The highest BCUT2D eigenvalue weighted by molar-refractivity contribution is 7.15. The Bertz CT molecular complexity index is 560. The quantitative estimate of drug-likeness (QED) is 0.782. The molecule has 1 unspecified atom stereocenters. The van der Waals surface area contributed by atoms with E-state index in [1.807, 2.05) is 16.0 Å². The smallest absolute Gasteiger partial charge is 0.196 e. The lowest BCUT2D eigenvalue weighted by atomic mass is 10.0. The van der Waals surface area contributed by atoms with Crippen molar-refractivity contribution in [3.8, 4) is 0 Å². The third-order valence-corrected chi connectivity index (χ3v) is 4.46. The molecule has 0 saturated carbocycles. The SMILES string of the molecule is CC1CCCN(c2nc3sccn3c2C=O)CC1. The summed E-state index contributed by atoms with van der Waals surface area (Å²) >= 11 is 1.57. The van der Waals surface area contributed by atoms with Gasteiger partial charge in [-0.15, -0.1) is 11.3 Å². The van der Waals surface area contributed by atoms with E-state index in [2.05, 4.69) is 16.8 Å². The minimum absolute atomic E-state index is 0.695. The maximum atomic E-state index is 11.3. The van der Waals surface area contributed by atoms with Crippen molar-refractivity contribution in [2.75, 3.05) is 18.0 Å². The fourth-order valence-corrected chi connectivity index (χ4v) is 3.33. The molecule has 2 aromatic rings. The summed E-state index contributed by atoms with van der Waals surface area (Å²) in [5.74, 6) is 1.64. The second-order valence-corrected chi connectivity index (χ2v) is 5.89. The first-order valence-corrected chi connectivity index (χ1v) is 7.33. The summed E-state index contributed by atoms with van der Waals surface area (Å²) in [5.41, 5.74) is 0.695. The van der Waals surface area contributed by atoms with E-state index in [-0.39, 0.29) is 0 Å². The molecule has 3 rings (SSSR count). The van der Waals surface area contributed by atoms with Crippen molar-refractivity contribution in [1.29, 1.82) is 0 Å². The third-order valence-electron chi connectivity index (χ3n) is 3.71. The molecule has 0 amide bonds. The molecule has 4 nitrogen and oxygen atoms in total. The minimum Gasteiger partial charge on any atom is -0.355 e. The van der Waals surface area contributed by atoms with Crippen LogP contribution in [0.15, 0.2) is 11.6 Å².